The third-order valence-electron chi connectivity index (χ3n) is 3.22. The molecule has 1 heterocycles. The fourth-order valence-electron chi connectivity index (χ4n) is 2.26. The van der Waals surface area contributed by atoms with Crippen molar-refractivity contribution in [3.63, 3.8) is 0 Å². The first-order valence-corrected chi connectivity index (χ1v) is 6.69. The molecule has 0 bridgehead atoms. The average molecular weight is 258 g/mol. The van der Waals surface area contributed by atoms with E-state index in [0.717, 1.165) is 26.1 Å². The van der Waals surface area contributed by atoms with Crippen molar-refractivity contribution < 1.29 is 0 Å². The van der Waals surface area contributed by atoms with Crippen molar-refractivity contribution >= 4 is 5.69 Å². The molecule has 4 nitrogen and oxygen atoms in total. The van der Waals surface area contributed by atoms with Gasteiger partial charge in [-0.05, 0) is 31.5 Å². The Bertz CT molecular complexity index is 518. The largest absolute Gasteiger partial charge is 0.367 e. The van der Waals surface area contributed by atoms with Gasteiger partial charge in [0.15, 0.2) is 0 Å². The molecule has 0 unspecified atom stereocenters. The van der Waals surface area contributed by atoms with E-state index < -0.39 is 0 Å². The predicted octanol–water partition coefficient (Wildman–Crippen LogP) is 2.08. The van der Waals surface area contributed by atoms with Gasteiger partial charge in [0.25, 0.3) is 0 Å². The van der Waals surface area contributed by atoms with Crippen molar-refractivity contribution in [2.45, 2.75) is 19.9 Å². The molecule has 0 aliphatic heterocycles. The van der Waals surface area contributed by atoms with Crippen molar-refractivity contribution in [3.05, 3.63) is 47.8 Å². The number of rotatable bonds is 6. The molecule has 2 rings (SSSR count). The van der Waals surface area contributed by atoms with Gasteiger partial charge < -0.3 is 10.6 Å². The van der Waals surface area contributed by atoms with Gasteiger partial charge in [0.1, 0.15) is 0 Å². The van der Waals surface area contributed by atoms with Crippen LogP contribution >= 0.6 is 0 Å². The van der Waals surface area contributed by atoms with E-state index in [1.807, 2.05) is 17.9 Å². The summed E-state index contributed by atoms with van der Waals surface area (Å²) in [5.41, 5.74) is 9.44. The van der Waals surface area contributed by atoms with Gasteiger partial charge in [0, 0.05) is 37.6 Å². The predicted molar refractivity (Wildman–Crippen MR) is 79.1 cm³/mol. The number of anilines is 1. The Labute approximate surface area is 114 Å². The lowest BCUT2D eigenvalue weighted by Crippen LogP contribution is -2.26. The number of benzene rings is 1. The lowest BCUT2D eigenvalue weighted by Gasteiger charge is -2.26. The Morgan fingerprint density at radius 3 is 2.74 bits per heavy atom. The summed E-state index contributed by atoms with van der Waals surface area (Å²) in [5.74, 6) is 0. The number of nitrogens with zero attached hydrogens (tertiary/aromatic N) is 3. The zero-order valence-electron chi connectivity index (χ0n) is 11.7. The molecular weight excluding hydrogens is 236 g/mol. The lowest BCUT2D eigenvalue weighted by molar-refractivity contribution is 0.731. The van der Waals surface area contributed by atoms with E-state index in [1.54, 1.807) is 0 Å². The molecule has 0 atom stereocenters. The van der Waals surface area contributed by atoms with Crippen molar-refractivity contribution in [2.24, 2.45) is 12.8 Å². The fraction of sp³-hybridized carbons (Fsp3) is 0.400. The van der Waals surface area contributed by atoms with E-state index in [1.165, 1.54) is 16.8 Å². The maximum absolute atomic E-state index is 5.65. The van der Waals surface area contributed by atoms with Crippen molar-refractivity contribution in [1.29, 1.82) is 0 Å². The summed E-state index contributed by atoms with van der Waals surface area (Å²) in [5, 5.41) is 4.23. The van der Waals surface area contributed by atoms with Gasteiger partial charge in [0.2, 0.25) is 0 Å². The van der Waals surface area contributed by atoms with Crippen LogP contribution in [0.4, 0.5) is 5.69 Å². The van der Waals surface area contributed by atoms with Crippen LogP contribution in [0.2, 0.25) is 0 Å². The zero-order chi connectivity index (χ0) is 13.7. The quantitative estimate of drug-likeness (QED) is 0.863. The summed E-state index contributed by atoms with van der Waals surface area (Å²) in [6, 6.07) is 8.47. The highest BCUT2D eigenvalue weighted by atomic mass is 15.2. The summed E-state index contributed by atoms with van der Waals surface area (Å²) in [7, 11) is 1.95. The highest BCUT2D eigenvalue weighted by molar-refractivity contribution is 5.53. The normalized spacial score (nSPS) is 10.7. The second kappa shape index (κ2) is 6.38. The second-order valence-corrected chi connectivity index (χ2v) is 4.87. The molecule has 0 spiro atoms. The monoisotopic (exact) mass is 258 g/mol. The van der Waals surface area contributed by atoms with Crippen molar-refractivity contribution in [3.8, 4) is 0 Å². The number of para-hydroxylation sites is 1. The molecule has 0 amide bonds. The van der Waals surface area contributed by atoms with E-state index in [0.29, 0.717) is 0 Å². The molecule has 2 aromatic rings. The SMILES string of the molecule is Cc1ccccc1N(CCCN)Cc1cnn(C)c1. The standard InChI is InChI=1S/C15H22N4/c1-13-6-3-4-7-15(13)19(9-5-8-16)12-14-10-17-18(2)11-14/h3-4,6-7,10-11H,5,8-9,12,16H2,1-2H3. The Kier molecular flexibility index (Phi) is 4.58. The van der Waals surface area contributed by atoms with Gasteiger partial charge in [-0.1, -0.05) is 18.2 Å². The van der Waals surface area contributed by atoms with Crippen LogP contribution < -0.4 is 10.6 Å². The molecule has 0 aliphatic rings. The molecule has 0 saturated heterocycles. The van der Waals surface area contributed by atoms with Crippen LogP contribution in [0.5, 0.6) is 0 Å². The Morgan fingerprint density at radius 2 is 2.11 bits per heavy atom. The van der Waals surface area contributed by atoms with E-state index in [-0.39, 0.29) is 0 Å². The van der Waals surface area contributed by atoms with Crippen molar-refractivity contribution in [1.82, 2.24) is 9.78 Å². The van der Waals surface area contributed by atoms with Gasteiger partial charge in [-0.3, -0.25) is 4.68 Å². The minimum absolute atomic E-state index is 0.718. The van der Waals surface area contributed by atoms with E-state index >= 15 is 0 Å². The average Bonchev–Trinajstić information content (AvgIpc) is 2.81. The fourth-order valence-corrected chi connectivity index (χ4v) is 2.26. The molecule has 4 heteroatoms. The van der Waals surface area contributed by atoms with Gasteiger partial charge in [0.05, 0.1) is 6.20 Å². The molecule has 2 N–H and O–H groups in total. The number of aromatic nitrogens is 2. The minimum Gasteiger partial charge on any atom is -0.367 e. The van der Waals surface area contributed by atoms with Crippen molar-refractivity contribution in [2.75, 3.05) is 18.0 Å². The molecule has 1 aromatic carbocycles. The van der Waals surface area contributed by atoms with E-state index in [9.17, 15) is 0 Å². The summed E-state index contributed by atoms with van der Waals surface area (Å²) >= 11 is 0. The summed E-state index contributed by atoms with van der Waals surface area (Å²) in [4.78, 5) is 2.37. The van der Waals surface area contributed by atoms with Gasteiger partial charge in [-0.25, -0.2) is 0 Å². The Balaban J connectivity index is 2.18. The van der Waals surface area contributed by atoms with E-state index in [2.05, 4.69) is 47.4 Å². The molecule has 0 saturated carbocycles. The van der Waals surface area contributed by atoms with Crippen LogP contribution in [0.1, 0.15) is 17.5 Å². The number of hydrogen-bond donors (Lipinski definition) is 1. The highest BCUT2D eigenvalue weighted by Gasteiger charge is 2.10. The van der Waals surface area contributed by atoms with Crippen LogP contribution in [0.25, 0.3) is 0 Å². The molecule has 1 aromatic heterocycles. The molecule has 0 radical (unpaired) electrons. The zero-order valence-corrected chi connectivity index (χ0v) is 11.7. The molecule has 0 fully saturated rings. The maximum Gasteiger partial charge on any atom is 0.0539 e. The number of nitrogens with two attached hydrogens (primary N) is 1. The third-order valence-corrected chi connectivity index (χ3v) is 3.22. The summed E-state index contributed by atoms with van der Waals surface area (Å²) in [6.07, 6.45) is 4.98. The van der Waals surface area contributed by atoms with E-state index in [4.69, 9.17) is 5.73 Å². The van der Waals surface area contributed by atoms with Crippen LogP contribution in [0.3, 0.4) is 0 Å². The topological polar surface area (TPSA) is 47.1 Å². The number of aryl methyl sites for hydroxylation is 2. The van der Waals surface area contributed by atoms with Gasteiger partial charge >= 0.3 is 0 Å². The maximum atomic E-state index is 5.65. The smallest absolute Gasteiger partial charge is 0.0539 e. The first-order chi connectivity index (χ1) is 9.20. The third kappa shape index (κ3) is 3.58. The second-order valence-electron chi connectivity index (χ2n) is 4.87. The first kappa shape index (κ1) is 13.6. The molecule has 0 aliphatic carbocycles. The molecular formula is C15H22N4. The minimum atomic E-state index is 0.718. The summed E-state index contributed by atoms with van der Waals surface area (Å²) < 4.78 is 1.84. The van der Waals surface area contributed by atoms with Gasteiger partial charge in [-0.15, -0.1) is 0 Å². The Hall–Kier alpha value is -1.81. The van der Waals surface area contributed by atoms with Crippen LogP contribution in [0, 0.1) is 6.92 Å². The number of hydrogen-bond acceptors (Lipinski definition) is 3. The van der Waals surface area contributed by atoms with Crippen LogP contribution in [-0.4, -0.2) is 22.9 Å². The molecule has 19 heavy (non-hydrogen) atoms. The molecule has 102 valence electrons. The van der Waals surface area contributed by atoms with Gasteiger partial charge in [-0.2, -0.15) is 5.10 Å². The summed E-state index contributed by atoms with van der Waals surface area (Å²) in [6.45, 7) is 4.71. The lowest BCUT2D eigenvalue weighted by atomic mass is 10.1. The Morgan fingerprint density at radius 1 is 1.32 bits per heavy atom. The van der Waals surface area contributed by atoms with Crippen LogP contribution in [-0.2, 0) is 13.6 Å². The first-order valence-electron chi connectivity index (χ1n) is 6.69. The van der Waals surface area contributed by atoms with Crippen LogP contribution in [0.15, 0.2) is 36.7 Å². The highest BCUT2D eigenvalue weighted by Crippen LogP contribution is 2.21.